The molecule has 0 amide bonds. The second kappa shape index (κ2) is 17.7. The van der Waals surface area contributed by atoms with Crippen LogP contribution >= 0.6 is 0 Å². The first kappa shape index (κ1) is 41.9. The van der Waals surface area contributed by atoms with Gasteiger partial charge in [-0.3, -0.25) is 4.79 Å². The molecule has 8 bridgehead atoms. The van der Waals surface area contributed by atoms with Gasteiger partial charge >= 0.3 is 29.0 Å². The number of hydrogen-bond donors (Lipinski definition) is 2. The van der Waals surface area contributed by atoms with Crippen LogP contribution in [0.1, 0.15) is 135 Å². The molecule has 3 aromatic heterocycles. The molecular weight excluding hydrogens is 689 g/mol. The largest absolute Gasteiger partial charge is 2.00 e. The number of fused-ring (bicyclic) bond motifs is 7. The fourth-order valence-corrected chi connectivity index (χ4v) is 8.54. The molecule has 6 rings (SSSR count). The molecule has 0 saturated carbocycles. The number of rotatable bonds is 13. The first-order chi connectivity index (χ1) is 25.4. The van der Waals surface area contributed by atoms with E-state index in [1.807, 2.05) is 19.1 Å². The van der Waals surface area contributed by atoms with Gasteiger partial charge in [-0.2, -0.15) is 11.4 Å². The maximum absolute atomic E-state index is 13.2. The quantitative estimate of drug-likeness (QED) is 0.0710. The van der Waals surface area contributed by atoms with Gasteiger partial charge in [-0.15, -0.1) is 33.5 Å². The van der Waals surface area contributed by atoms with Crippen molar-refractivity contribution in [1.82, 2.24) is 15.0 Å². The molecule has 10 heteroatoms. The molecule has 2 N–H and O–H groups in total. The van der Waals surface area contributed by atoms with Crippen LogP contribution in [0.5, 0.6) is 0 Å². The van der Waals surface area contributed by atoms with Crippen molar-refractivity contribution >= 4 is 52.8 Å². The van der Waals surface area contributed by atoms with Gasteiger partial charge in [-0.05, 0) is 83.3 Å². The second-order valence-electron chi connectivity index (χ2n) is 15.1. The summed E-state index contributed by atoms with van der Waals surface area (Å²) in [7, 11) is 1.44. The molecular formula is C44H56MgN4O5-2. The minimum absolute atomic E-state index is 0. The number of aliphatic hydroxyl groups excluding tert-OH is 2. The molecule has 1 aliphatic carbocycles. The van der Waals surface area contributed by atoms with Gasteiger partial charge in [-0.1, -0.05) is 97.7 Å². The maximum atomic E-state index is 13.2. The number of hydrogen-bond acceptors (Lipinski definition) is 5. The van der Waals surface area contributed by atoms with Crippen molar-refractivity contribution < 1.29 is 24.5 Å². The minimum atomic E-state index is -1.30. The van der Waals surface area contributed by atoms with E-state index in [2.05, 4.69) is 60.6 Å². The third-order valence-corrected chi connectivity index (χ3v) is 11.8. The monoisotopic (exact) mass is 744 g/mol. The smallest absolute Gasteiger partial charge is 0.664 e. The molecule has 9 nitrogen and oxygen atoms in total. The van der Waals surface area contributed by atoms with Gasteiger partial charge in [0.2, 0.25) is 0 Å². The van der Waals surface area contributed by atoms with Crippen molar-refractivity contribution in [1.29, 1.82) is 0 Å². The van der Waals surface area contributed by atoms with Gasteiger partial charge in [0.15, 0.2) is 6.29 Å². The number of unbranched alkanes of at least 4 members (excludes halogenated alkanes) is 2. The fourth-order valence-electron chi connectivity index (χ4n) is 8.54. The number of aliphatic hydroxyl groups is 2. The zero-order chi connectivity index (χ0) is 38.1. The maximum Gasteiger partial charge on any atom is 2.00 e. The van der Waals surface area contributed by atoms with Crippen LogP contribution in [-0.4, -0.2) is 59.2 Å². The molecule has 5 atom stereocenters. The zero-order valence-electron chi connectivity index (χ0n) is 33.7. The predicted molar refractivity (Wildman–Crippen MR) is 215 cm³/mol. The second-order valence-corrected chi connectivity index (χ2v) is 15.1. The molecule has 3 aliphatic rings. The van der Waals surface area contributed by atoms with Crippen LogP contribution in [0.4, 0.5) is 0 Å². The van der Waals surface area contributed by atoms with Crippen LogP contribution in [0.15, 0.2) is 23.0 Å². The van der Waals surface area contributed by atoms with Crippen molar-refractivity contribution in [2.24, 2.45) is 17.8 Å². The Morgan fingerprint density at radius 3 is 2.30 bits per heavy atom. The SMILES string of the molecule is CCCCC/C(C)=C/COC(=O)CC[C@@H]1/C2=C3/c4[n-]c(c(C)c4[C@@H](O)[C@@H]3C(O)OC)/C=c3\[n-]/c(c(C)c3CC)=C\c3[n-]c(c(C)c3CC)/C=C(\[N-]2)[C@H]1C.[Mg+2]. The van der Waals surface area contributed by atoms with Gasteiger partial charge in [0.25, 0.3) is 0 Å². The first-order valence-electron chi connectivity index (χ1n) is 19.5. The average molecular weight is 745 g/mol. The molecule has 2 aliphatic heterocycles. The molecule has 1 fully saturated rings. The summed E-state index contributed by atoms with van der Waals surface area (Å²) in [6.45, 7) is 17.1. The van der Waals surface area contributed by atoms with E-state index in [1.54, 1.807) is 0 Å². The van der Waals surface area contributed by atoms with Crippen molar-refractivity contribution in [3.63, 3.8) is 0 Å². The summed E-state index contributed by atoms with van der Waals surface area (Å²) < 4.78 is 11.2. The van der Waals surface area contributed by atoms with Gasteiger partial charge in [0.1, 0.15) is 6.61 Å². The van der Waals surface area contributed by atoms with Gasteiger partial charge in [0.05, 0.1) is 12.0 Å². The van der Waals surface area contributed by atoms with Gasteiger partial charge in [-0.25, -0.2) is 0 Å². The Kier molecular flexibility index (Phi) is 13.7. The number of ether oxygens (including phenoxy) is 2. The van der Waals surface area contributed by atoms with Crippen LogP contribution < -0.4 is 25.7 Å². The Labute approximate surface area is 336 Å². The molecule has 0 aromatic carbocycles. The molecule has 1 saturated heterocycles. The van der Waals surface area contributed by atoms with E-state index in [0.29, 0.717) is 28.9 Å². The normalized spacial score (nSPS) is 24.5. The Morgan fingerprint density at radius 1 is 0.907 bits per heavy atom. The Hall–Kier alpha value is -3.28. The summed E-state index contributed by atoms with van der Waals surface area (Å²) in [4.78, 5) is 28.6. The molecule has 286 valence electrons. The number of esters is 1. The first-order valence-corrected chi connectivity index (χ1v) is 19.5. The standard InChI is InChI=1S/C44H56N4O5.Mg/c1-10-13-14-15-23(4)18-19-53-37(49)17-16-30-26(7)33-20-31-24(5)28(11-2)35(45-31)21-32-25(6)29(12-3)36(46-32)22-34-27(8)38-42(48-34)39(41(30)47-33)40(43(38)50)44(51)52-9;/h18,20-22,26,30,40,43-44,50-51H,10-17,19H2,1-9H3;/q-4;+2/b23-18+,32-21-,33-20-,36-22-,41-39-;/t26-,30-,40+,43+,44?;/m0./s1. The number of allylic oxidation sites excluding steroid dienone is 3. The summed E-state index contributed by atoms with van der Waals surface area (Å²) in [6.07, 6.45) is 12.6. The van der Waals surface area contributed by atoms with Gasteiger partial charge in [0, 0.05) is 13.5 Å². The summed E-state index contributed by atoms with van der Waals surface area (Å²) in [5.41, 5.74) is 12.6. The number of methoxy groups -OCH3 is 1. The minimum Gasteiger partial charge on any atom is -0.664 e. The van der Waals surface area contributed by atoms with E-state index in [9.17, 15) is 15.0 Å². The van der Waals surface area contributed by atoms with E-state index >= 15 is 0 Å². The Bertz CT molecular complexity index is 2080. The van der Waals surface area contributed by atoms with Crippen LogP contribution in [-0.2, 0) is 27.1 Å². The van der Waals surface area contributed by atoms with Crippen LogP contribution in [0.2, 0.25) is 0 Å². The van der Waals surface area contributed by atoms with E-state index in [1.165, 1.54) is 31.1 Å². The van der Waals surface area contributed by atoms with Gasteiger partial charge < -0.3 is 40.0 Å². The average Bonchev–Trinajstić information content (AvgIpc) is 3.87. The molecule has 5 heterocycles. The number of nitrogens with zero attached hydrogens (tertiary/aromatic N) is 4. The van der Waals surface area contributed by atoms with E-state index < -0.39 is 18.3 Å². The van der Waals surface area contributed by atoms with Crippen molar-refractivity contribution in [3.05, 3.63) is 95.2 Å². The predicted octanol–water partition coefficient (Wildman–Crippen LogP) is 6.07. The Balaban J connectivity index is 0.00000561. The summed E-state index contributed by atoms with van der Waals surface area (Å²) in [5, 5.41) is 30.3. The molecule has 0 radical (unpaired) electrons. The van der Waals surface area contributed by atoms with E-state index in [-0.39, 0.29) is 53.9 Å². The number of carbonyl (C=O) groups excluding carboxylic acids is 1. The molecule has 0 spiro atoms. The number of carbonyl (C=O) groups is 1. The molecule has 3 aromatic rings. The zero-order valence-corrected chi connectivity index (χ0v) is 35.1. The number of aromatic nitrogens is 3. The van der Waals surface area contributed by atoms with E-state index in [0.717, 1.165) is 81.4 Å². The fraction of sp³-hybridized carbons (Fsp3) is 0.523. The summed E-state index contributed by atoms with van der Waals surface area (Å²) >= 11 is 0. The summed E-state index contributed by atoms with van der Waals surface area (Å²) in [5.74, 6) is -1.37. The van der Waals surface area contributed by atoms with Crippen molar-refractivity contribution in [2.45, 2.75) is 119 Å². The van der Waals surface area contributed by atoms with Crippen molar-refractivity contribution in [2.75, 3.05) is 13.7 Å². The van der Waals surface area contributed by atoms with Crippen LogP contribution in [0, 0.1) is 38.5 Å². The topological polar surface area (TPSA) is 132 Å². The Morgan fingerprint density at radius 2 is 1.61 bits per heavy atom. The molecule has 54 heavy (non-hydrogen) atoms. The van der Waals surface area contributed by atoms with E-state index in [4.69, 9.17) is 29.7 Å². The van der Waals surface area contributed by atoms with Crippen LogP contribution in [0.25, 0.3) is 29.1 Å². The molecule has 1 unspecified atom stereocenters. The third kappa shape index (κ3) is 7.87. The van der Waals surface area contributed by atoms with Crippen LogP contribution in [0.3, 0.4) is 0 Å². The third-order valence-electron chi connectivity index (χ3n) is 11.8. The summed E-state index contributed by atoms with van der Waals surface area (Å²) in [6, 6.07) is 0. The van der Waals surface area contributed by atoms with Crippen molar-refractivity contribution in [3.8, 4) is 0 Å².